The monoisotopic (exact) mass is 385 g/mol. The van der Waals surface area contributed by atoms with Gasteiger partial charge in [-0.3, -0.25) is 9.79 Å². The van der Waals surface area contributed by atoms with Gasteiger partial charge in [-0.1, -0.05) is 30.3 Å². The first kappa shape index (κ1) is 19.4. The fraction of sp³-hybridized carbons (Fsp3) is 0.450. The Hall–Kier alpha value is -2.41. The van der Waals surface area contributed by atoms with E-state index in [1.165, 1.54) is 0 Å². The summed E-state index contributed by atoms with van der Waals surface area (Å²) in [5, 5.41) is 9.28. The number of nitrogens with one attached hydrogen (secondary N) is 2. The predicted molar refractivity (Wildman–Crippen MR) is 111 cm³/mol. The highest BCUT2D eigenvalue weighted by atomic mass is 32.1. The molecular weight excluding hydrogens is 358 g/mol. The van der Waals surface area contributed by atoms with Crippen molar-refractivity contribution in [3.8, 4) is 10.6 Å². The molecule has 1 saturated heterocycles. The molecule has 0 bridgehead atoms. The van der Waals surface area contributed by atoms with Gasteiger partial charge < -0.3 is 15.5 Å². The van der Waals surface area contributed by atoms with Crippen molar-refractivity contribution in [3.05, 3.63) is 41.4 Å². The van der Waals surface area contributed by atoms with Crippen LogP contribution >= 0.6 is 11.3 Å². The summed E-state index contributed by atoms with van der Waals surface area (Å²) in [6.45, 7) is 2.51. The molecule has 7 heteroatoms. The average Bonchev–Trinajstić information content (AvgIpc) is 3.19. The maximum Gasteiger partial charge on any atom is 0.220 e. The van der Waals surface area contributed by atoms with Crippen molar-refractivity contribution < 1.29 is 4.79 Å². The van der Waals surface area contributed by atoms with Crippen LogP contribution in [-0.4, -0.2) is 48.9 Å². The minimum absolute atomic E-state index is 0.133. The van der Waals surface area contributed by atoms with E-state index in [9.17, 15) is 4.79 Å². The number of carbonyl (C=O) groups excluding carboxylic acids is 1. The molecule has 3 rings (SSSR count). The first-order chi connectivity index (χ1) is 13.2. The number of hydrogen-bond acceptors (Lipinski definition) is 4. The molecule has 0 radical (unpaired) electrons. The van der Waals surface area contributed by atoms with Gasteiger partial charge >= 0.3 is 0 Å². The molecule has 144 valence electrons. The number of carbonyl (C=O) groups is 1. The predicted octanol–water partition coefficient (Wildman–Crippen LogP) is 2.73. The van der Waals surface area contributed by atoms with Crippen LogP contribution in [0.1, 0.15) is 25.0 Å². The highest BCUT2D eigenvalue weighted by molar-refractivity contribution is 7.13. The molecule has 1 aliphatic rings. The quantitative estimate of drug-likeness (QED) is 0.613. The lowest BCUT2D eigenvalue weighted by Gasteiger charge is -2.34. The molecule has 0 aliphatic carbocycles. The normalized spacial score (nSPS) is 15.6. The van der Waals surface area contributed by atoms with Crippen LogP contribution < -0.4 is 10.6 Å². The van der Waals surface area contributed by atoms with E-state index in [4.69, 9.17) is 4.98 Å². The Morgan fingerprint density at radius 1 is 1.30 bits per heavy atom. The van der Waals surface area contributed by atoms with E-state index in [2.05, 4.69) is 38.0 Å². The SMILES string of the molecule is CN=C(NCc1csc(-c2ccccc2)n1)N1CCC(CC(=O)NC)CC1. The number of rotatable bonds is 5. The number of nitrogens with zero attached hydrogens (tertiary/aromatic N) is 3. The first-order valence-electron chi connectivity index (χ1n) is 9.35. The molecule has 2 heterocycles. The van der Waals surface area contributed by atoms with Gasteiger partial charge in [0, 0.05) is 44.5 Å². The van der Waals surface area contributed by atoms with E-state index < -0.39 is 0 Å². The number of aliphatic imine (C=N–C) groups is 1. The highest BCUT2D eigenvalue weighted by Gasteiger charge is 2.23. The Morgan fingerprint density at radius 2 is 2.04 bits per heavy atom. The van der Waals surface area contributed by atoms with Gasteiger partial charge in [-0.05, 0) is 18.8 Å². The maximum absolute atomic E-state index is 11.5. The van der Waals surface area contributed by atoms with Gasteiger partial charge in [-0.15, -0.1) is 11.3 Å². The van der Waals surface area contributed by atoms with Gasteiger partial charge in [0.15, 0.2) is 5.96 Å². The zero-order chi connectivity index (χ0) is 19.1. The standard InChI is InChI=1S/C20H27N5OS/c1-21-18(26)12-15-8-10-25(11-9-15)20(22-2)23-13-17-14-27-19(24-17)16-6-4-3-5-7-16/h3-7,14-15H,8-13H2,1-2H3,(H,21,26)(H,22,23). The van der Waals surface area contributed by atoms with E-state index in [-0.39, 0.29) is 5.91 Å². The second-order valence-corrected chi connectivity index (χ2v) is 7.58. The van der Waals surface area contributed by atoms with Crippen LogP contribution in [-0.2, 0) is 11.3 Å². The van der Waals surface area contributed by atoms with Crippen LogP contribution in [0.4, 0.5) is 0 Å². The molecule has 2 N–H and O–H groups in total. The minimum Gasteiger partial charge on any atom is -0.359 e. The van der Waals surface area contributed by atoms with E-state index >= 15 is 0 Å². The molecule has 27 heavy (non-hydrogen) atoms. The van der Waals surface area contributed by atoms with Crippen molar-refractivity contribution in [2.24, 2.45) is 10.9 Å². The van der Waals surface area contributed by atoms with Gasteiger partial charge in [0.2, 0.25) is 5.91 Å². The minimum atomic E-state index is 0.133. The lowest BCUT2D eigenvalue weighted by atomic mass is 9.93. The smallest absolute Gasteiger partial charge is 0.220 e. The second kappa shape index (κ2) is 9.50. The van der Waals surface area contributed by atoms with Crippen molar-refractivity contribution in [1.29, 1.82) is 0 Å². The van der Waals surface area contributed by atoms with Crippen LogP contribution in [0.5, 0.6) is 0 Å². The van der Waals surface area contributed by atoms with Crippen LogP contribution in [0.3, 0.4) is 0 Å². The number of amides is 1. The Balaban J connectivity index is 1.50. The Bertz CT molecular complexity index is 766. The summed E-state index contributed by atoms with van der Waals surface area (Å²) in [6.07, 6.45) is 2.66. The Labute approximate surface area is 164 Å². The molecule has 2 aromatic rings. The fourth-order valence-corrected chi connectivity index (χ4v) is 4.14. The average molecular weight is 386 g/mol. The summed E-state index contributed by atoms with van der Waals surface area (Å²) in [4.78, 5) is 23.0. The molecule has 6 nitrogen and oxygen atoms in total. The van der Waals surface area contributed by atoms with Crippen molar-refractivity contribution in [3.63, 3.8) is 0 Å². The van der Waals surface area contributed by atoms with Crippen LogP contribution in [0, 0.1) is 5.92 Å². The fourth-order valence-electron chi connectivity index (χ4n) is 3.32. The van der Waals surface area contributed by atoms with Gasteiger partial charge in [0.05, 0.1) is 12.2 Å². The zero-order valence-corrected chi connectivity index (χ0v) is 16.8. The molecule has 1 aromatic carbocycles. The molecule has 1 fully saturated rings. The molecule has 1 aliphatic heterocycles. The Kier molecular flexibility index (Phi) is 6.81. The van der Waals surface area contributed by atoms with E-state index in [0.717, 1.165) is 48.2 Å². The third-order valence-electron chi connectivity index (χ3n) is 4.88. The molecule has 0 saturated carbocycles. The van der Waals surface area contributed by atoms with Crippen molar-refractivity contribution in [1.82, 2.24) is 20.5 Å². The number of thiazole rings is 1. The van der Waals surface area contributed by atoms with Crippen molar-refractivity contribution in [2.45, 2.75) is 25.8 Å². The number of guanidine groups is 1. The summed E-state index contributed by atoms with van der Waals surface area (Å²) >= 11 is 1.66. The van der Waals surface area contributed by atoms with Gasteiger partial charge in [-0.25, -0.2) is 4.98 Å². The molecule has 0 atom stereocenters. The van der Waals surface area contributed by atoms with Gasteiger partial charge in [-0.2, -0.15) is 0 Å². The van der Waals surface area contributed by atoms with E-state index in [1.807, 2.05) is 25.2 Å². The lowest BCUT2D eigenvalue weighted by Crippen LogP contribution is -2.45. The number of aromatic nitrogens is 1. The molecule has 0 unspecified atom stereocenters. The summed E-state index contributed by atoms with van der Waals surface area (Å²) in [7, 11) is 3.51. The second-order valence-electron chi connectivity index (χ2n) is 6.72. The summed E-state index contributed by atoms with van der Waals surface area (Å²) < 4.78 is 0. The highest BCUT2D eigenvalue weighted by Crippen LogP contribution is 2.23. The first-order valence-corrected chi connectivity index (χ1v) is 10.2. The van der Waals surface area contributed by atoms with E-state index in [0.29, 0.717) is 18.9 Å². The zero-order valence-electron chi connectivity index (χ0n) is 15.9. The van der Waals surface area contributed by atoms with Gasteiger partial charge in [0.25, 0.3) is 0 Å². The number of piperidine rings is 1. The van der Waals surface area contributed by atoms with Crippen molar-refractivity contribution in [2.75, 3.05) is 27.2 Å². The number of likely N-dealkylation sites (tertiary alicyclic amines) is 1. The van der Waals surface area contributed by atoms with Gasteiger partial charge in [0.1, 0.15) is 5.01 Å². The molecule has 1 aromatic heterocycles. The number of hydrogen-bond donors (Lipinski definition) is 2. The number of benzene rings is 1. The molecule has 0 spiro atoms. The summed E-state index contributed by atoms with van der Waals surface area (Å²) in [5.74, 6) is 1.50. The largest absolute Gasteiger partial charge is 0.359 e. The molecular formula is C20H27N5OS. The van der Waals surface area contributed by atoms with Crippen LogP contribution in [0.2, 0.25) is 0 Å². The van der Waals surface area contributed by atoms with E-state index in [1.54, 1.807) is 18.4 Å². The van der Waals surface area contributed by atoms with Crippen molar-refractivity contribution >= 4 is 23.2 Å². The summed E-state index contributed by atoms with van der Waals surface area (Å²) in [6, 6.07) is 10.2. The third kappa shape index (κ3) is 5.29. The third-order valence-corrected chi connectivity index (χ3v) is 5.82. The Morgan fingerprint density at radius 3 is 2.70 bits per heavy atom. The van der Waals surface area contributed by atoms with Crippen LogP contribution in [0.25, 0.3) is 10.6 Å². The summed E-state index contributed by atoms with van der Waals surface area (Å²) in [5.41, 5.74) is 2.17. The topological polar surface area (TPSA) is 69.6 Å². The van der Waals surface area contributed by atoms with Crippen LogP contribution in [0.15, 0.2) is 40.7 Å². The molecule has 1 amide bonds. The lowest BCUT2D eigenvalue weighted by molar-refractivity contribution is -0.121. The maximum atomic E-state index is 11.5.